The van der Waals surface area contributed by atoms with E-state index in [9.17, 15) is 41.5 Å². The Hall–Kier alpha value is 0.360. The van der Waals surface area contributed by atoms with Gasteiger partial charge in [0.15, 0.2) is 0 Å². The van der Waals surface area contributed by atoms with Gasteiger partial charge in [-0.3, -0.25) is 13.8 Å². The molecule has 0 bridgehead atoms. The van der Waals surface area contributed by atoms with Crippen molar-refractivity contribution in [3.05, 3.63) is 0 Å². The minimum Gasteiger partial charge on any atom is -0.750 e. The molecule has 0 saturated heterocycles. The summed E-state index contributed by atoms with van der Waals surface area (Å²) in [6, 6.07) is -2.11. The monoisotopic (exact) mass is 948 g/mol. The third-order valence-electron chi connectivity index (χ3n) is 14.4. The summed E-state index contributed by atoms with van der Waals surface area (Å²) in [5, 5.41) is 36.4. The van der Waals surface area contributed by atoms with Gasteiger partial charge in [0.05, 0.1) is 76.3 Å². The van der Waals surface area contributed by atoms with Crippen LogP contribution in [-0.2, 0) is 44.7 Å². The van der Waals surface area contributed by atoms with Gasteiger partial charge in [-0.1, -0.05) is 77.6 Å². The van der Waals surface area contributed by atoms with E-state index in [1.165, 1.54) is 58.3 Å². The molecule has 16 nitrogen and oxygen atoms in total. The molecule has 63 heavy (non-hydrogen) atoms. The number of rotatable bonds is 23. The Labute approximate surface area is 423 Å². The molecule has 4 N–H and O–H groups in total. The summed E-state index contributed by atoms with van der Waals surface area (Å²) in [5.41, 5.74) is 0. The van der Waals surface area contributed by atoms with E-state index in [0.29, 0.717) is 51.9 Å². The van der Waals surface area contributed by atoms with E-state index in [2.05, 4.69) is 27.8 Å². The fourth-order valence-electron chi connectivity index (χ4n) is 11.3. The van der Waals surface area contributed by atoms with E-state index >= 15 is 0 Å². The van der Waals surface area contributed by atoms with Gasteiger partial charge in [0.2, 0.25) is 11.8 Å². The number of nitrogens with one attached hydrogen (secondary N) is 2. The smallest absolute Gasteiger partial charge is 0.750 e. The van der Waals surface area contributed by atoms with Crippen LogP contribution >= 0.6 is 0 Å². The standard InChI is InChI=1S/C43H76N4O12S2.2Na/c1-3-4-5-6-7-8-9-10-11-14-21-44-43(51)35-27-37(33-15-12-13-16-34(33)41(35)49)58-23-22-57-31-19-17-30(18-20-31)46-47-40-38(59-60(52)53)25-29-24-32(61(54,55)56)26-36(45-28(2)48)39(29)42(40)50;;/h29-42,49-50H,3-27H2,1-2H3,(H,44,51)(H,45,48)(H,52,53)(H,54,55,56);;/q;2*+1/p-2. The Bertz CT molecular complexity index is 1530. The van der Waals surface area contributed by atoms with Crippen molar-refractivity contribution in [2.75, 3.05) is 19.8 Å². The molecule has 5 rings (SSSR count). The summed E-state index contributed by atoms with van der Waals surface area (Å²) in [4.78, 5) is 25.4. The fourth-order valence-corrected chi connectivity index (χ4v) is 12.6. The zero-order valence-corrected chi connectivity index (χ0v) is 44.1. The molecule has 13 unspecified atom stereocenters. The van der Waals surface area contributed by atoms with Crippen LogP contribution in [0.25, 0.3) is 0 Å². The van der Waals surface area contributed by atoms with Gasteiger partial charge in [-0.25, -0.2) is 12.6 Å². The molecule has 5 fully saturated rings. The summed E-state index contributed by atoms with van der Waals surface area (Å²) < 4.78 is 77.0. The number of aliphatic hydroxyl groups is 2. The number of azo groups is 1. The van der Waals surface area contributed by atoms with Gasteiger partial charge in [-0.2, -0.15) is 10.2 Å². The first-order valence-corrected chi connectivity index (χ1v) is 26.0. The quantitative estimate of drug-likeness (QED) is 0.0322. The Morgan fingerprint density at radius 3 is 2.02 bits per heavy atom. The molecule has 0 heterocycles. The minimum atomic E-state index is -4.70. The van der Waals surface area contributed by atoms with Crippen LogP contribution in [0.2, 0.25) is 0 Å². The SMILES string of the molecule is CCCCCCCCCCCCNC(=O)C1CC(OCCOC2CCC(N=NC3C(OS(=O)[O-])CC4CC(S(=O)(=O)[O-])CC(NC(C)=O)C4C3O)CC2)C2CCCCC2C1O.[Na+].[Na+]. The summed E-state index contributed by atoms with van der Waals surface area (Å²) in [7, 11) is -4.70. The Kier molecular flexibility index (Phi) is 26.9. The Balaban J connectivity index is 0.00000528. The maximum Gasteiger partial charge on any atom is 1.00 e. The molecule has 0 aromatic heterocycles. The van der Waals surface area contributed by atoms with Crippen molar-refractivity contribution < 1.29 is 114 Å². The molecule has 5 aliphatic rings. The second-order valence-corrected chi connectivity index (χ2v) is 20.9. The zero-order valence-electron chi connectivity index (χ0n) is 38.4. The van der Waals surface area contributed by atoms with Crippen molar-refractivity contribution in [1.29, 1.82) is 0 Å². The summed E-state index contributed by atoms with van der Waals surface area (Å²) >= 11 is -2.95. The summed E-state index contributed by atoms with van der Waals surface area (Å²) in [6.45, 7) is 4.93. The number of hydrogen-bond acceptors (Lipinski definition) is 14. The largest absolute Gasteiger partial charge is 1.00 e. The van der Waals surface area contributed by atoms with Crippen molar-refractivity contribution in [2.45, 2.75) is 209 Å². The number of unbranched alkanes of at least 4 members (excludes halogenated alkanes) is 9. The number of ether oxygens (including phenoxy) is 2. The number of fused-ring (bicyclic) bond motifs is 2. The molecule has 5 aliphatic carbocycles. The van der Waals surface area contributed by atoms with E-state index in [4.69, 9.17) is 13.7 Å². The van der Waals surface area contributed by atoms with Gasteiger partial charge in [-0.05, 0) is 88.4 Å². The molecular formula is C43H74N4Na2O12S2. The first-order valence-electron chi connectivity index (χ1n) is 23.5. The first kappa shape index (κ1) is 57.7. The molecule has 5 saturated carbocycles. The van der Waals surface area contributed by atoms with E-state index in [-0.39, 0.29) is 114 Å². The fraction of sp³-hybridized carbons (Fsp3) is 0.953. The van der Waals surface area contributed by atoms with E-state index in [0.717, 1.165) is 38.5 Å². The third kappa shape index (κ3) is 18.0. The molecule has 0 aliphatic heterocycles. The van der Waals surface area contributed by atoms with Gasteiger partial charge in [0, 0.05) is 25.4 Å². The Morgan fingerprint density at radius 1 is 0.778 bits per heavy atom. The predicted octanol–water partition coefficient (Wildman–Crippen LogP) is -0.859. The normalized spacial score (nSPS) is 35.0. The maximum atomic E-state index is 13.4. The average molecular weight is 949 g/mol. The van der Waals surface area contributed by atoms with Gasteiger partial charge in [0.25, 0.3) is 0 Å². The predicted molar refractivity (Wildman–Crippen MR) is 227 cm³/mol. The molecule has 2 amide bonds. The number of nitrogens with zero attached hydrogens (tertiary/aromatic N) is 2. The van der Waals surface area contributed by atoms with Crippen molar-refractivity contribution in [3.63, 3.8) is 0 Å². The number of amides is 2. The average Bonchev–Trinajstić information content (AvgIpc) is 3.21. The van der Waals surface area contributed by atoms with Gasteiger partial charge in [0.1, 0.15) is 12.1 Å². The zero-order chi connectivity index (χ0) is 43.9. The van der Waals surface area contributed by atoms with Crippen LogP contribution in [0.1, 0.15) is 155 Å². The van der Waals surface area contributed by atoms with Crippen LogP contribution in [0, 0.1) is 29.6 Å². The number of hydrogen-bond donors (Lipinski definition) is 4. The van der Waals surface area contributed by atoms with Crippen molar-refractivity contribution in [2.24, 2.45) is 39.8 Å². The first-order chi connectivity index (χ1) is 29.3. The summed E-state index contributed by atoms with van der Waals surface area (Å²) in [5.74, 6) is -1.99. The van der Waals surface area contributed by atoms with Gasteiger partial charge < -0.3 is 39.4 Å². The van der Waals surface area contributed by atoms with Crippen LogP contribution in [0.5, 0.6) is 0 Å². The molecular weight excluding hydrogens is 875 g/mol. The number of carbonyl (C=O) groups excluding carboxylic acids is 2. The second kappa shape index (κ2) is 29.4. The molecule has 352 valence electrons. The van der Waals surface area contributed by atoms with Crippen LogP contribution in [0.15, 0.2) is 10.2 Å². The van der Waals surface area contributed by atoms with Crippen molar-refractivity contribution in [3.8, 4) is 0 Å². The maximum absolute atomic E-state index is 13.4. The van der Waals surface area contributed by atoms with Crippen molar-refractivity contribution >= 4 is 33.3 Å². The van der Waals surface area contributed by atoms with Crippen LogP contribution in [-0.4, -0.2) is 117 Å². The van der Waals surface area contributed by atoms with Crippen molar-refractivity contribution in [1.82, 2.24) is 10.6 Å². The molecule has 20 heteroatoms. The van der Waals surface area contributed by atoms with Crippen LogP contribution < -0.4 is 69.7 Å². The van der Waals surface area contributed by atoms with Gasteiger partial charge in [-0.15, -0.1) is 0 Å². The van der Waals surface area contributed by atoms with Gasteiger partial charge >= 0.3 is 59.1 Å². The topological polar surface area (TPSA) is 248 Å². The minimum absolute atomic E-state index is 0. The molecule has 0 spiro atoms. The summed E-state index contributed by atoms with van der Waals surface area (Å²) in [6.07, 6.45) is 16.2. The Morgan fingerprint density at radius 2 is 1.40 bits per heavy atom. The van der Waals surface area contributed by atoms with Crippen LogP contribution in [0.4, 0.5) is 0 Å². The molecule has 0 aromatic rings. The second-order valence-electron chi connectivity index (χ2n) is 18.6. The number of carbonyl (C=O) groups is 2. The van der Waals surface area contributed by atoms with Crippen LogP contribution in [0.3, 0.4) is 0 Å². The van der Waals surface area contributed by atoms with E-state index in [1.807, 2.05) is 0 Å². The number of aliphatic hydroxyl groups excluding tert-OH is 2. The molecule has 13 atom stereocenters. The molecule has 0 radical (unpaired) electrons. The van der Waals surface area contributed by atoms with E-state index < -0.39 is 80.8 Å². The van der Waals surface area contributed by atoms with E-state index in [1.54, 1.807) is 0 Å². The third-order valence-corrected chi connectivity index (χ3v) is 16.0. The molecule has 0 aromatic carbocycles.